The summed E-state index contributed by atoms with van der Waals surface area (Å²) in [5.74, 6) is -0.0464. The van der Waals surface area contributed by atoms with E-state index in [-0.39, 0.29) is 23.3 Å². The first kappa shape index (κ1) is 10.5. The quantitative estimate of drug-likeness (QED) is 0.623. The van der Waals surface area contributed by atoms with Crippen LogP contribution >= 0.6 is 0 Å². The number of nitrogens with one attached hydrogen (secondary N) is 1. The van der Waals surface area contributed by atoms with Crippen LogP contribution < -0.4 is 5.32 Å². The summed E-state index contributed by atoms with van der Waals surface area (Å²) in [6.07, 6.45) is 0.897. The Balaban J connectivity index is 2.70. The first-order valence-electron chi connectivity index (χ1n) is 4.78. The molecule has 1 heterocycles. The lowest BCUT2D eigenvalue weighted by Crippen LogP contribution is -2.42. The van der Waals surface area contributed by atoms with Crippen LogP contribution in [0.2, 0.25) is 0 Å². The summed E-state index contributed by atoms with van der Waals surface area (Å²) in [6, 6.07) is 0.250. The van der Waals surface area contributed by atoms with Gasteiger partial charge in [-0.3, -0.25) is 4.79 Å². The van der Waals surface area contributed by atoms with Gasteiger partial charge in [0.05, 0.1) is 13.0 Å². The van der Waals surface area contributed by atoms with Crippen LogP contribution in [0.1, 0.15) is 27.2 Å². The Morgan fingerprint density at radius 1 is 1.46 bits per heavy atom. The normalized spacial score (nSPS) is 28.9. The number of ether oxygens (including phenoxy) is 1. The molecule has 1 saturated heterocycles. The van der Waals surface area contributed by atoms with Gasteiger partial charge in [-0.05, 0) is 18.4 Å². The second kappa shape index (κ2) is 3.66. The summed E-state index contributed by atoms with van der Waals surface area (Å²) >= 11 is 0. The van der Waals surface area contributed by atoms with Gasteiger partial charge in [-0.2, -0.15) is 0 Å². The molecule has 0 saturated carbocycles. The van der Waals surface area contributed by atoms with E-state index < -0.39 is 0 Å². The van der Waals surface area contributed by atoms with Crippen molar-refractivity contribution in [1.82, 2.24) is 5.32 Å². The van der Waals surface area contributed by atoms with E-state index in [4.69, 9.17) is 4.74 Å². The predicted octanol–water partition coefficient (Wildman–Crippen LogP) is 1.18. The molecule has 1 N–H and O–H groups in total. The van der Waals surface area contributed by atoms with Crippen molar-refractivity contribution >= 4 is 5.97 Å². The van der Waals surface area contributed by atoms with Crippen LogP contribution in [0.15, 0.2) is 0 Å². The average molecular weight is 185 g/mol. The number of methoxy groups -OCH3 is 1. The molecule has 0 aromatic rings. The molecule has 76 valence electrons. The van der Waals surface area contributed by atoms with Crippen molar-refractivity contribution in [2.24, 2.45) is 11.3 Å². The molecule has 1 fully saturated rings. The molecule has 3 nitrogen and oxygen atoms in total. The molecule has 1 aliphatic rings. The van der Waals surface area contributed by atoms with Crippen molar-refractivity contribution in [2.45, 2.75) is 33.2 Å². The van der Waals surface area contributed by atoms with Gasteiger partial charge >= 0.3 is 5.97 Å². The fourth-order valence-electron chi connectivity index (χ4n) is 2.02. The zero-order chi connectivity index (χ0) is 10.1. The Morgan fingerprint density at radius 2 is 2.08 bits per heavy atom. The van der Waals surface area contributed by atoms with Gasteiger partial charge in [-0.25, -0.2) is 0 Å². The van der Waals surface area contributed by atoms with Crippen LogP contribution in [0.4, 0.5) is 0 Å². The van der Waals surface area contributed by atoms with Gasteiger partial charge in [-0.1, -0.05) is 20.8 Å². The fourth-order valence-corrected chi connectivity index (χ4v) is 2.02. The lowest BCUT2D eigenvalue weighted by molar-refractivity contribution is -0.146. The molecule has 0 aromatic carbocycles. The van der Waals surface area contributed by atoms with Gasteiger partial charge in [0.15, 0.2) is 0 Å². The zero-order valence-electron chi connectivity index (χ0n) is 8.89. The molecule has 0 spiro atoms. The smallest absolute Gasteiger partial charge is 0.310 e. The summed E-state index contributed by atoms with van der Waals surface area (Å²) in [5.41, 5.74) is 0.120. The highest BCUT2D eigenvalue weighted by Gasteiger charge is 2.40. The second-order valence-electron chi connectivity index (χ2n) is 4.72. The van der Waals surface area contributed by atoms with E-state index in [0.29, 0.717) is 0 Å². The second-order valence-corrected chi connectivity index (χ2v) is 4.72. The van der Waals surface area contributed by atoms with Crippen LogP contribution in [0.25, 0.3) is 0 Å². The van der Waals surface area contributed by atoms with Gasteiger partial charge in [0.1, 0.15) is 0 Å². The van der Waals surface area contributed by atoms with Gasteiger partial charge in [0, 0.05) is 6.04 Å². The average Bonchev–Trinajstić information content (AvgIpc) is 2.49. The minimum atomic E-state index is -0.0788. The van der Waals surface area contributed by atoms with E-state index in [0.717, 1.165) is 13.0 Å². The Bertz CT molecular complexity index is 196. The van der Waals surface area contributed by atoms with Crippen molar-refractivity contribution in [2.75, 3.05) is 13.7 Å². The number of hydrogen-bond acceptors (Lipinski definition) is 3. The van der Waals surface area contributed by atoms with Gasteiger partial charge in [0.2, 0.25) is 0 Å². The molecule has 2 atom stereocenters. The first-order valence-corrected chi connectivity index (χ1v) is 4.78. The molecule has 0 amide bonds. The third-order valence-electron chi connectivity index (χ3n) is 2.66. The highest BCUT2D eigenvalue weighted by molar-refractivity contribution is 5.73. The van der Waals surface area contributed by atoms with E-state index >= 15 is 0 Å². The fraction of sp³-hybridized carbons (Fsp3) is 0.900. The summed E-state index contributed by atoms with van der Waals surface area (Å²) in [6.45, 7) is 7.35. The predicted molar refractivity (Wildman–Crippen MR) is 51.4 cm³/mol. The highest BCUT2D eigenvalue weighted by Crippen LogP contribution is 2.31. The van der Waals surface area contributed by atoms with Gasteiger partial charge < -0.3 is 10.1 Å². The van der Waals surface area contributed by atoms with E-state index in [2.05, 4.69) is 26.1 Å². The van der Waals surface area contributed by atoms with E-state index in [1.165, 1.54) is 7.11 Å². The topological polar surface area (TPSA) is 38.3 Å². The van der Waals surface area contributed by atoms with E-state index in [9.17, 15) is 4.79 Å². The number of esters is 1. The maximum atomic E-state index is 11.4. The third kappa shape index (κ3) is 2.21. The standard InChI is InChI=1S/C10H19NO2/c1-10(2,3)8-7(5-6-11-8)9(12)13-4/h7-8,11H,5-6H2,1-4H3/t7-,8+/m0/s1. The van der Waals surface area contributed by atoms with Crippen LogP contribution in [0.3, 0.4) is 0 Å². The maximum absolute atomic E-state index is 11.4. The summed E-state index contributed by atoms with van der Waals surface area (Å²) in [4.78, 5) is 11.4. The van der Waals surface area contributed by atoms with Crippen LogP contribution in [-0.4, -0.2) is 25.7 Å². The maximum Gasteiger partial charge on any atom is 0.310 e. The molecule has 0 aromatic heterocycles. The molecule has 3 heteroatoms. The summed E-state index contributed by atoms with van der Waals surface area (Å²) in [7, 11) is 1.46. The van der Waals surface area contributed by atoms with Crippen molar-refractivity contribution in [1.29, 1.82) is 0 Å². The Hall–Kier alpha value is -0.570. The molecule has 0 bridgehead atoms. The molecular formula is C10H19NO2. The molecule has 1 rings (SSSR count). The Morgan fingerprint density at radius 3 is 2.54 bits per heavy atom. The number of rotatable bonds is 1. The number of carbonyl (C=O) groups is 1. The SMILES string of the molecule is COC(=O)[C@H]1CCN[C@H]1C(C)(C)C. The minimum absolute atomic E-state index is 0.0324. The van der Waals surface area contributed by atoms with E-state index in [1.807, 2.05) is 0 Å². The van der Waals surface area contributed by atoms with Crippen LogP contribution in [0.5, 0.6) is 0 Å². The summed E-state index contributed by atoms with van der Waals surface area (Å²) < 4.78 is 4.78. The summed E-state index contributed by atoms with van der Waals surface area (Å²) in [5, 5.41) is 3.36. The monoisotopic (exact) mass is 185 g/mol. The first-order chi connectivity index (χ1) is 5.96. The molecule has 0 unspecified atom stereocenters. The van der Waals surface area contributed by atoms with Crippen molar-refractivity contribution in [3.63, 3.8) is 0 Å². The highest BCUT2D eigenvalue weighted by atomic mass is 16.5. The molecule has 13 heavy (non-hydrogen) atoms. The van der Waals surface area contributed by atoms with Crippen molar-refractivity contribution < 1.29 is 9.53 Å². The van der Waals surface area contributed by atoms with Crippen molar-refractivity contribution in [3.05, 3.63) is 0 Å². The molecular weight excluding hydrogens is 166 g/mol. The zero-order valence-corrected chi connectivity index (χ0v) is 8.89. The van der Waals surface area contributed by atoms with Crippen LogP contribution in [0, 0.1) is 11.3 Å². The lowest BCUT2D eigenvalue weighted by atomic mass is 9.80. The minimum Gasteiger partial charge on any atom is -0.469 e. The third-order valence-corrected chi connectivity index (χ3v) is 2.66. The molecule has 1 aliphatic heterocycles. The molecule has 0 radical (unpaired) electrons. The number of carbonyl (C=O) groups excluding carboxylic acids is 1. The van der Waals surface area contributed by atoms with E-state index in [1.54, 1.807) is 0 Å². The Labute approximate surface area is 79.8 Å². The van der Waals surface area contributed by atoms with Gasteiger partial charge in [-0.15, -0.1) is 0 Å². The molecule has 0 aliphatic carbocycles. The Kier molecular flexibility index (Phi) is 2.96. The van der Waals surface area contributed by atoms with Crippen molar-refractivity contribution in [3.8, 4) is 0 Å². The lowest BCUT2D eigenvalue weighted by Gasteiger charge is -2.30. The number of hydrogen-bond donors (Lipinski definition) is 1. The van der Waals surface area contributed by atoms with Crippen LogP contribution in [-0.2, 0) is 9.53 Å². The van der Waals surface area contributed by atoms with Gasteiger partial charge in [0.25, 0.3) is 0 Å². The largest absolute Gasteiger partial charge is 0.469 e.